The number of benzene rings is 1. The zero-order valence-electron chi connectivity index (χ0n) is 10.1. The summed E-state index contributed by atoms with van der Waals surface area (Å²) < 4.78 is 5.48. The molecule has 0 amide bonds. The molecule has 3 heteroatoms. The van der Waals surface area contributed by atoms with Crippen molar-refractivity contribution in [2.75, 3.05) is 0 Å². The molecule has 0 aliphatic heterocycles. The predicted molar refractivity (Wildman–Crippen MR) is 70.2 cm³/mol. The van der Waals surface area contributed by atoms with Gasteiger partial charge in [0.2, 0.25) is 0 Å². The highest BCUT2D eigenvalue weighted by atomic mass is 35.5. The van der Waals surface area contributed by atoms with Crippen LogP contribution in [0, 0.1) is 13.8 Å². The van der Waals surface area contributed by atoms with Crippen molar-refractivity contribution in [3.05, 3.63) is 58.0 Å². The molecule has 2 nitrogen and oxygen atoms in total. The molecule has 0 radical (unpaired) electrons. The molecular formula is C14H16ClNO. The molecule has 0 bridgehead atoms. The van der Waals surface area contributed by atoms with Crippen molar-refractivity contribution in [1.82, 2.24) is 5.32 Å². The van der Waals surface area contributed by atoms with Crippen molar-refractivity contribution in [2.24, 2.45) is 0 Å². The van der Waals surface area contributed by atoms with Gasteiger partial charge in [-0.2, -0.15) is 0 Å². The fourth-order valence-electron chi connectivity index (χ4n) is 1.66. The Balaban J connectivity index is 1.87. The van der Waals surface area contributed by atoms with E-state index in [4.69, 9.17) is 16.0 Å². The lowest BCUT2D eigenvalue weighted by Crippen LogP contribution is -2.12. The molecule has 0 saturated carbocycles. The standard InChI is InChI=1S/C14H16ClNO/c1-10-3-5-12(7-14(10)15)8-16-9-13-6-4-11(2)17-13/h3-7,16H,8-9H2,1-2H3. The zero-order valence-corrected chi connectivity index (χ0v) is 10.8. The molecule has 1 aromatic heterocycles. The van der Waals surface area contributed by atoms with E-state index in [1.54, 1.807) is 0 Å². The minimum Gasteiger partial charge on any atom is -0.465 e. The Morgan fingerprint density at radius 3 is 2.59 bits per heavy atom. The molecule has 2 rings (SSSR count). The molecule has 0 aliphatic carbocycles. The largest absolute Gasteiger partial charge is 0.465 e. The summed E-state index contributed by atoms with van der Waals surface area (Å²) in [6, 6.07) is 10.1. The van der Waals surface area contributed by atoms with Crippen LogP contribution >= 0.6 is 11.6 Å². The third-order valence-electron chi connectivity index (χ3n) is 2.66. The van der Waals surface area contributed by atoms with Crippen molar-refractivity contribution in [2.45, 2.75) is 26.9 Å². The van der Waals surface area contributed by atoms with Crippen LogP contribution in [-0.4, -0.2) is 0 Å². The molecule has 0 saturated heterocycles. The number of aryl methyl sites for hydroxylation is 2. The lowest BCUT2D eigenvalue weighted by Gasteiger charge is -2.05. The average Bonchev–Trinajstić information content (AvgIpc) is 2.70. The van der Waals surface area contributed by atoms with E-state index in [0.29, 0.717) is 0 Å². The highest BCUT2D eigenvalue weighted by Crippen LogP contribution is 2.16. The first-order chi connectivity index (χ1) is 8.15. The van der Waals surface area contributed by atoms with Gasteiger partial charge in [0.25, 0.3) is 0 Å². The second kappa shape index (κ2) is 5.39. The summed E-state index contributed by atoms with van der Waals surface area (Å²) in [5, 5.41) is 4.14. The van der Waals surface area contributed by atoms with E-state index >= 15 is 0 Å². The Kier molecular flexibility index (Phi) is 3.87. The Morgan fingerprint density at radius 2 is 1.94 bits per heavy atom. The molecular weight excluding hydrogens is 234 g/mol. The summed E-state index contributed by atoms with van der Waals surface area (Å²) in [7, 11) is 0. The van der Waals surface area contributed by atoms with Gasteiger partial charge in [0, 0.05) is 11.6 Å². The summed E-state index contributed by atoms with van der Waals surface area (Å²) in [6.45, 7) is 5.48. The molecule has 1 N–H and O–H groups in total. The number of halogens is 1. The Labute approximate surface area is 107 Å². The van der Waals surface area contributed by atoms with Gasteiger partial charge in [-0.1, -0.05) is 23.7 Å². The molecule has 90 valence electrons. The Bertz CT molecular complexity index is 505. The van der Waals surface area contributed by atoms with Crippen LogP contribution in [-0.2, 0) is 13.1 Å². The quantitative estimate of drug-likeness (QED) is 0.891. The van der Waals surface area contributed by atoms with Gasteiger partial charge in [-0.25, -0.2) is 0 Å². The van der Waals surface area contributed by atoms with Crippen molar-refractivity contribution >= 4 is 11.6 Å². The number of furan rings is 1. The maximum Gasteiger partial charge on any atom is 0.117 e. The summed E-state index contributed by atoms with van der Waals surface area (Å²) >= 11 is 6.07. The van der Waals surface area contributed by atoms with E-state index in [1.165, 1.54) is 5.56 Å². The van der Waals surface area contributed by atoms with Crippen molar-refractivity contribution in [1.29, 1.82) is 0 Å². The monoisotopic (exact) mass is 249 g/mol. The molecule has 0 unspecified atom stereocenters. The van der Waals surface area contributed by atoms with Gasteiger partial charge in [0.1, 0.15) is 11.5 Å². The first-order valence-electron chi connectivity index (χ1n) is 5.66. The maximum atomic E-state index is 6.07. The minimum absolute atomic E-state index is 0.735. The van der Waals surface area contributed by atoms with Gasteiger partial charge < -0.3 is 9.73 Å². The second-order valence-corrected chi connectivity index (χ2v) is 4.61. The molecule has 1 aromatic carbocycles. The van der Waals surface area contributed by atoms with Crippen LogP contribution in [0.5, 0.6) is 0 Å². The summed E-state index contributed by atoms with van der Waals surface area (Å²) in [6.07, 6.45) is 0. The third-order valence-corrected chi connectivity index (χ3v) is 3.07. The van der Waals surface area contributed by atoms with Crippen LogP contribution < -0.4 is 5.32 Å². The Morgan fingerprint density at radius 1 is 1.12 bits per heavy atom. The van der Waals surface area contributed by atoms with Gasteiger partial charge >= 0.3 is 0 Å². The lowest BCUT2D eigenvalue weighted by molar-refractivity contribution is 0.461. The van der Waals surface area contributed by atoms with Gasteiger partial charge in [0.15, 0.2) is 0 Å². The number of nitrogens with one attached hydrogen (secondary N) is 1. The molecule has 0 aliphatic rings. The summed E-state index contributed by atoms with van der Waals surface area (Å²) in [4.78, 5) is 0. The topological polar surface area (TPSA) is 25.2 Å². The minimum atomic E-state index is 0.735. The summed E-state index contributed by atoms with van der Waals surface area (Å²) in [5.74, 6) is 1.90. The highest BCUT2D eigenvalue weighted by Gasteiger charge is 2.00. The predicted octanol–water partition coefficient (Wildman–Crippen LogP) is 3.84. The van der Waals surface area contributed by atoms with Crippen LogP contribution in [0.1, 0.15) is 22.6 Å². The van der Waals surface area contributed by atoms with E-state index in [9.17, 15) is 0 Å². The van der Waals surface area contributed by atoms with E-state index in [-0.39, 0.29) is 0 Å². The SMILES string of the molecule is Cc1ccc(CNCc2ccc(C)c(Cl)c2)o1. The first-order valence-corrected chi connectivity index (χ1v) is 6.04. The van der Waals surface area contributed by atoms with E-state index in [2.05, 4.69) is 11.4 Å². The number of rotatable bonds is 4. The lowest BCUT2D eigenvalue weighted by atomic mass is 10.1. The van der Waals surface area contributed by atoms with Gasteiger partial charge in [-0.05, 0) is 43.2 Å². The molecule has 0 spiro atoms. The van der Waals surface area contributed by atoms with E-state index < -0.39 is 0 Å². The van der Waals surface area contributed by atoms with E-state index in [0.717, 1.165) is 35.2 Å². The number of hydrogen-bond donors (Lipinski definition) is 1. The van der Waals surface area contributed by atoms with Gasteiger partial charge in [-0.3, -0.25) is 0 Å². The fourth-order valence-corrected chi connectivity index (χ4v) is 1.86. The van der Waals surface area contributed by atoms with Crippen LogP contribution in [0.2, 0.25) is 5.02 Å². The zero-order chi connectivity index (χ0) is 12.3. The van der Waals surface area contributed by atoms with Crippen LogP contribution in [0.15, 0.2) is 34.7 Å². The van der Waals surface area contributed by atoms with Crippen LogP contribution in [0.25, 0.3) is 0 Å². The first kappa shape index (κ1) is 12.2. The molecule has 0 atom stereocenters. The highest BCUT2D eigenvalue weighted by molar-refractivity contribution is 6.31. The second-order valence-electron chi connectivity index (χ2n) is 4.20. The third kappa shape index (κ3) is 3.35. The van der Waals surface area contributed by atoms with Crippen molar-refractivity contribution < 1.29 is 4.42 Å². The Hall–Kier alpha value is -1.25. The molecule has 0 fully saturated rings. The van der Waals surface area contributed by atoms with Crippen molar-refractivity contribution in [3.63, 3.8) is 0 Å². The van der Waals surface area contributed by atoms with Crippen LogP contribution in [0.3, 0.4) is 0 Å². The normalized spacial score (nSPS) is 10.8. The number of hydrogen-bond acceptors (Lipinski definition) is 2. The molecule has 2 aromatic rings. The van der Waals surface area contributed by atoms with Crippen LogP contribution in [0.4, 0.5) is 0 Å². The molecule has 17 heavy (non-hydrogen) atoms. The maximum absolute atomic E-state index is 6.07. The smallest absolute Gasteiger partial charge is 0.117 e. The molecule has 1 heterocycles. The summed E-state index contributed by atoms with van der Waals surface area (Å²) in [5.41, 5.74) is 2.29. The van der Waals surface area contributed by atoms with Crippen molar-refractivity contribution in [3.8, 4) is 0 Å². The van der Waals surface area contributed by atoms with Gasteiger partial charge in [-0.15, -0.1) is 0 Å². The van der Waals surface area contributed by atoms with E-state index in [1.807, 2.05) is 38.1 Å². The average molecular weight is 250 g/mol. The van der Waals surface area contributed by atoms with Gasteiger partial charge in [0.05, 0.1) is 6.54 Å². The fraction of sp³-hybridized carbons (Fsp3) is 0.286.